The Morgan fingerprint density at radius 2 is 2.11 bits per heavy atom. The average Bonchev–Trinajstić information content (AvgIpc) is 2.83. The van der Waals surface area contributed by atoms with Gasteiger partial charge in [-0.3, -0.25) is 4.68 Å². The minimum atomic E-state index is -0.383. The third-order valence-corrected chi connectivity index (χ3v) is 2.64. The third kappa shape index (κ3) is 2.20. The van der Waals surface area contributed by atoms with Crippen molar-refractivity contribution in [3.8, 4) is 16.9 Å². The van der Waals surface area contributed by atoms with Gasteiger partial charge in [-0.15, -0.1) is 0 Å². The number of benzene rings is 1. The molecule has 1 aromatic carbocycles. The van der Waals surface area contributed by atoms with Crippen molar-refractivity contribution in [3.63, 3.8) is 0 Å². The minimum Gasteiger partial charge on any atom is -0.496 e. The van der Waals surface area contributed by atoms with Crippen LogP contribution in [0.1, 0.15) is 10.4 Å². The topological polar surface area (TPSA) is 53.3 Å². The van der Waals surface area contributed by atoms with E-state index in [9.17, 15) is 4.79 Å². The van der Waals surface area contributed by atoms with Crippen LogP contribution in [0.2, 0.25) is 0 Å². The molecule has 0 saturated carbocycles. The van der Waals surface area contributed by atoms with E-state index in [1.807, 2.05) is 19.3 Å². The molecule has 5 heteroatoms. The summed E-state index contributed by atoms with van der Waals surface area (Å²) in [6.07, 6.45) is 3.63. The normalized spacial score (nSPS) is 10.2. The monoisotopic (exact) mass is 246 g/mol. The molecule has 0 saturated heterocycles. The molecule has 0 aliphatic heterocycles. The van der Waals surface area contributed by atoms with Gasteiger partial charge in [-0.25, -0.2) is 4.79 Å². The largest absolute Gasteiger partial charge is 0.496 e. The highest BCUT2D eigenvalue weighted by atomic mass is 16.5. The average molecular weight is 246 g/mol. The minimum absolute atomic E-state index is 0.383. The van der Waals surface area contributed by atoms with Crippen LogP contribution in [0.15, 0.2) is 30.6 Å². The number of aromatic nitrogens is 2. The first-order valence-corrected chi connectivity index (χ1v) is 5.41. The Morgan fingerprint density at radius 1 is 1.33 bits per heavy atom. The number of methoxy groups -OCH3 is 2. The smallest absolute Gasteiger partial charge is 0.337 e. The lowest BCUT2D eigenvalue weighted by atomic mass is 10.1. The number of carbonyl (C=O) groups excluding carboxylic acids is 1. The number of nitrogens with zero attached hydrogens (tertiary/aromatic N) is 2. The molecular weight excluding hydrogens is 232 g/mol. The number of rotatable bonds is 3. The van der Waals surface area contributed by atoms with E-state index >= 15 is 0 Å². The number of esters is 1. The molecular formula is C13H14N2O3. The van der Waals surface area contributed by atoms with Crippen LogP contribution in [0.3, 0.4) is 0 Å². The molecule has 0 aliphatic carbocycles. The molecule has 94 valence electrons. The van der Waals surface area contributed by atoms with Gasteiger partial charge < -0.3 is 9.47 Å². The van der Waals surface area contributed by atoms with Crippen molar-refractivity contribution < 1.29 is 14.3 Å². The molecule has 0 unspecified atom stereocenters. The van der Waals surface area contributed by atoms with Gasteiger partial charge in [0.05, 0.1) is 26.0 Å². The van der Waals surface area contributed by atoms with Crippen molar-refractivity contribution in [1.29, 1.82) is 0 Å². The molecule has 0 atom stereocenters. The van der Waals surface area contributed by atoms with E-state index in [0.29, 0.717) is 11.3 Å². The first kappa shape index (κ1) is 12.2. The van der Waals surface area contributed by atoms with Gasteiger partial charge in [-0.1, -0.05) is 0 Å². The zero-order valence-corrected chi connectivity index (χ0v) is 10.5. The summed E-state index contributed by atoms with van der Waals surface area (Å²) >= 11 is 0. The molecule has 18 heavy (non-hydrogen) atoms. The Labute approximate surface area is 105 Å². The molecule has 2 aromatic rings. The van der Waals surface area contributed by atoms with Gasteiger partial charge in [0, 0.05) is 24.4 Å². The van der Waals surface area contributed by atoms with Crippen LogP contribution in [0.25, 0.3) is 11.1 Å². The zero-order valence-electron chi connectivity index (χ0n) is 10.5. The molecule has 2 rings (SSSR count). The van der Waals surface area contributed by atoms with Gasteiger partial charge in [0.25, 0.3) is 0 Å². The molecule has 0 aliphatic rings. The summed E-state index contributed by atoms with van der Waals surface area (Å²) in [5.74, 6) is 0.233. The van der Waals surface area contributed by atoms with Crippen molar-refractivity contribution >= 4 is 5.97 Å². The second-order valence-electron chi connectivity index (χ2n) is 3.81. The summed E-state index contributed by atoms with van der Waals surface area (Å²) < 4.78 is 11.7. The lowest BCUT2D eigenvalue weighted by Gasteiger charge is -2.08. The Kier molecular flexibility index (Phi) is 3.32. The molecule has 0 N–H and O–H groups in total. The summed E-state index contributed by atoms with van der Waals surface area (Å²) in [6.45, 7) is 0. The van der Waals surface area contributed by atoms with Crippen LogP contribution in [-0.4, -0.2) is 30.0 Å². The Bertz CT molecular complexity index is 575. The predicted molar refractivity (Wildman–Crippen MR) is 66.5 cm³/mol. The number of hydrogen-bond donors (Lipinski definition) is 0. The van der Waals surface area contributed by atoms with Gasteiger partial charge >= 0.3 is 5.97 Å². The number of aryl methyl sites for hydroxylation is 1. The summed E-state index contributed by atoms with van der Waals surface area (Å²) in [4.78, 5) is 11.4. The maximum atomic E-state index is 11.4. The highest BCUT2D eigenvalue weighted by Gasteiger charge is 2.12. The first-order valence-electron chi connectivity index (χ1n) is 5.41. The predicted octanol–water partition coefficient (Wildman–Crippen LogP) is 1.88. The van der Waals surface area contributed by atoms with Crippen molar-refractivity contribution in [2.75, 3.05) is 14.2 Å². The van der Waals surface area contributed by atoms with Crippen LogP contribution < -0.4 is 4.74 Å². The fourth-order valence-electron chi connectivity index (χ4n) is 1.73. The van der Waals surface area contributed by atoms with Crippen LogP contribution >= 0.6 is 0 Å². The molecule has 0 radical (unpaired) electrons. The molecule has 0 spiro atoms. The number of ether oxygens (including phenoxy) is 2. The Hall–Kier alpha value is -2.30. The summed E-state index contributed by atoms with van der Waals surface area (Å²) in [6, 6.07) is 5.19. The summed E-state index contributed by atoms with van der Waals surface area (Å²) in [5, 5.41) is 4.11. The Morgan fingerprint density at radius 3 is 2.67 bits per heavy atom. The Balaban J connectivity index is 2.46. The van der Waals surface area contributed by atoms with Crippen molar-refractivity contribution in [1.82, 2.24) is 9.78 Å². The molecule has 0 bridgehead atoms. The van der Waals surface area contributed by atoms with Crippen LogP contribution in [0, 0.1) is 0 Å². The second kappa shape index (κ2) is 4.91. The van der Waals surface area contributed by atoms with Gasteiger partial charge in [-0.05, 0) is 18.2 Å². The van der Waals surface area contributed by atoms with E-state index in [-0.39, 0.29) is 5.97 Å². The second-order valence-corrected chi connectivity index (χ2v) is 3.81. The highest BCUT2D eigenvalue weighted by molar-refractivity contribution is 5.91. The van der Waals surface area contributed by atoms with E-state index in [0.717, 1.165) is 11.1 Å². The van der Waals surface area contributed by atoms with E-state index in [1.165, 1.54) is 7.11 Å². The van der Waals surface area contributed by atoms with Crippen molar-refractivity contribution in [2.45, 2.75) is 0 Å². The molecule has 0 amide bonds. The van der Waals surface area contributed by atoms with Gasteiger partial charge in [0.2, 0.25) is 0 Å². The lowest BCUT2D eigenvalue weighted by Crippen LogP contribution is -2.01. The summed E-state index contributed by atoms with van der Waals surface area (Å²) in [5.41, 5.74) is 2.28. The quantitative estimate of drug-likeness (QED) is 0.776. The van der Waals surface area contributed by atoms with Gasteiger partial charge in [0.1, 0.15) is 5.75 Å². The van der Waals surface area contributed by atoms with E-state index in [2.05, 4.69) is 9.84 Å². The van der Waals surface area contributed by atoms with Crippen LogP contribution in [0.5, 0.6) is 5.75 Å². The van der Waals surface area contributed by atoms with Crippen LogP contribution in [0.4, 0.5) is 0 Å². The fourth-order valence-corrected chi connectivity index (χ4v) is 1.73. The van der Waals surface area contributed by atoms with E-state index in [1.54, 1.807) is 30.1 Å². The lowest BCUT2D eigenvalue weighted by molar-refractivity contribution is 0.0600. The van der Waals surface area contributed by atoms with E-state index in [4.69, 9.17) is 4.74 Å². The standard InChI is InChI=1S/C13H14N2O3/c1-15-8-10(7-14-15)11-5-4-9(13(16)18-3)6-12(11)17-2/h4-8H,1-3H3. The fraction of sp³-hybridized carbons (Fsp3) is 0.231. The molecule has 1 heterocycles. The maximum Gasteiger partial charge on any atom is 0.337 e. The maximum absolute atomic E-state index is 11.4. The molecule has 0 fully saturated rings. The molecule has 1 aromatic heterocycles. The van der Waals surface area contributed by atoms with E-state index < -0.39 is 0 Å². The molecule has 5 nitrogen and oxygen atoms in total. The summed E-state index contributed by atoms with van der Waals surface area (Å²) in [7, 11) is 4.76. The first-order chi connectivity index (χ1) is 8.65. The van der Waals surface area contributed by atoms with Crippen LogP contribution in [-0.2, 0) is 11.8 Å². The van der Waals surface area contributed by atoms with Gasteiger partial charge in [-0.2, -0.15) is 5.10 Å². The van der Waals surface area contributed by atoms with Gasteiger partial charge in [0.15, 0.2) is 0 Å². The number of carbonyl (C=O) groups is 1. The SMILES string of the molecule is COC(=O)c1ccc(-c2cnn(C)c2)c(OC)c1. The van der Waals surface area contributed by atoms with Crippen molar-refractivity contribution in [2.24, 2.45) is 7.05 Å². The highest BCUT2D eigenvalue weighted by Crippen LogP contribution is 2.30. The number of hydrogen-bond acceptors (Lipinski definition) is 4. The zero-order chi connectivity index (χ0) is 13.1. The third-order valence-electron chi connectivity index (χ3n) is 2.64. The van der Waals surface area contributed by atoms with Crippen molar-refractivity contribution in [3.05, 3.63) is 36.2 Å².